The Labute approximate surface area is 101 Å². The topological polar surface area (TPSA) is 17.8 Å². The lowest BCUT2D eigenvalue weighted by Gasteiger charge is -2.07. The van der Waals surface area contributed by atoms with Gasteiger partial charge >= 0.3 is 0 Å². The highest BCUT2D eigenvalue weighted by Crippen LogP contribution is 2.16. The number of nitrogens with zero attached hydrogens (tertiary/aromatic N) is 2. The Morgan fingerprint density at radius 1 is 1.21 bits per heavy atom. The van der Waals surface area contributed by atoms with Gasteiger partial charge < -0.3 is 0 Å². The molecule has 80 valence electrons. The van der Waals surface area contributed by atoms with Gasteiger partial charge in [0.2, 0.25) is 0 Å². The SMILES string of the molecule is CC(C)Cc1cnc(CC(C)C)n1I. The molecule has 2 nitrogen and oxygen atoms in total. The van der Waals surface area contributed by atoms with Crippen LogP contribution in [0.3, 0.4) is 0 Å². The van der Waals surface area contributed by atoms with Crippen molar-refractivity contribution in [3.8, 4) is 0 Å². The molecule has 0 spiro atoms. The summed E-state index contributed by atoms with van der Waals surface area (Å²) in [6.07, 6.45) is 4.21. The Bertz CT molecular complexity index is 262. The number of aromatic nitrogens is 2. The average molecular weight is 306 g/mol. The third-order valence-electron chi connectivity index (χ3n) is 2.05. The predicted octanol–water partition coefficient (Wildman–Crippen LogP) is 3.48. The lowest BCUT2D eigenvalue weighted by Crippen LogP contribution is -2.03. The van der Waals surface area contributed by atoms with Gasteiger partial charge in [0, 0.05) is 18.3 Å². The van der Waals surface area contributed by atoms with Crippen molar-refractivity contribution in [3.05, 3.63) is 17.7 Å². The lowest BCUT2D eigenvalue weighted by molar-refractivity contribution is 0.613. The molecule has 0 N–H and O–H groups in total. The standard InChI is InChI=1S/C11H19IN2/c1-8(2)5-10-7-13-11(14(10)12)6-9(3)4/h7-9H,5-6H2,1-4H3. The van der Waals surface area contributed by atoms with Crippen molar-refractivity contribution in [2.75, 3.05) is 0 Å². The Balaban J connectivity index is 2.75. The van der Waals surface area contributed by atoms with Gasteiger partial charge in [-0.05, 0) is 18.3 Å². The summed E-state index contributed by atoms with van der Waals surface area (Å²) in [6.45, 7) is 8.94. The molecule has 1 heterocycles. The lowest BCUT2D eigenvalue weighted by atomic mass is 10.1. The minimum absolute atomic E-state index is 0.679. The summed E-state index contributed by atoms with van der Waals surface area (Å²) in [6, 6.07) is 0. The maximum absolute atomic E-state index is 4.46. The van der Waals surface area contributed by atoms with Gasteiger partial charge in [-0.15, -0.1) is 0 Å². The van der Waals surface area contributed by atoms with Crippen molar-refractivity contribution in [1.82, 2.24) is 7.76 Å². The molecule has 0 atom stereocenters. The van der Waals surface area contributed by atoms with E-state index in [0.29, 0.717) is 11.8 Å². The van der Waals surface area contributed by atoms with E-state index in [1.54, 1.807) is 0 Å². The predicted molar refractivity (Wildman–Crippen MR) is 68.7 cm³/mol. The normalized spacial score (nSPS) is 11.6. The van der Waals surface area contributed by atoms with Crippen LogP contribution in [0.4, 0.5) is 0 Å². The third-order valence-corrected chi connectivity index (χ3v) is 3.23. The van der Waals surface area contributed by atoms with Crippen molar-refractivity contribution in [1.29, 1.82) is 0 Å². The van der Waals surface area contributed by atoms with E-state index in [9.17, 15) is 0 Å². The van der Waals surface area contributed by atoms with Crippen LogP contribution in [0.25, 0.3) is 0 Å². The van der Waals surface area contributed by atoms with Crippen molar-refractivity contribution < 1.29 is 0 Å². The first-order chi connectivity index (χ1) is 6.50. The van der Waals surface area contributed by atoms with Gasteiger partial charge in [0.05, 0.1) is 22.9 Å². The molecule has 0 saturated carbocycles. The zero-order valence-electron chi connectivity index (χ0n) is 9.42. The van der Waals surface area contributed by atoms with Crippen LogP contribution in [-0.4, -0.2) is 7.76 Å². The maximum atomic E-state index is 4.46. The quantitative estimate of drug-likeness (QED) is 0.779. The van der Waals surface area contributed by atoms with Crippen LogP contribution in [0, 0.1) is 11.8 Å². The first-order valence-electron chi connectivity index (χ1n) is 5.22. The Hall–Kier alpha value is -0.0600. The van der Waals surface area contributed by atoms with Crippen LogP contribution < -0.4 is 0 Å². The first kappa shape index (κ1) is 12.0. The molecule has 14 heavy (non-hydrogen) atoms. The molecule has 0 aromatic carbocycles. The molecular weight excluding hydrogens is 287 g/mol. The molecule has 3 heteroatoms. The fraction of sp³-hybridized carbons (Fsp3) is 0.727. The number of hydrogen-bond donors (Lipinski definition) is 0. The molecule has 0 radical (unpaired) electrons. The molecular formula is C11H19IN2. The average Bonchev–Trinajstić information content (AvgIpc) is 2.34. The largest absolute Gasteiger partial charge is 0.273 e. The maximum Gasteiger partial charge on any atom is 0.117 e. The third kappa shape index (κ3) is 3.26. The van der Waals surface area contributed by atoms with Gasteiger partial charge in [-0.1, -0.05) is 27.7 Å². The van der Waals surface area contributed by atoms with Crippen LogP contribution in [0.2, 0.25) is 0 Å². The summed E-state index contributed by atoms with van der Waals surface area (Å²) < 4.78 is 2.22. The fourth-order valence-corrected chi connectivity index (χ4v) is 2.11. The van der Waals surface area contributed by atoms with E-state index in [1.165, 1.54) is 11.5 Å². The second-order valence-electron chi connectivity index (χ2n) is 4.64. The Kier molecular flexibility index (Phi) is 4.41. The second kappa shape index (κ2) is 5.14. The molecule has 1 rings (SSSR count). The van der Waals surface area contributed by atoms with E-state index < -0.39 is 0 Å². The van der Waals surface area contributed by atoms with E-state index in [0.717, 1.165) is 12.8 Å². The first-order valence-corrected chi connectivity index (χ1v) is 6.18. The highest BCUT2D eigenvalue weighted by atomic mass is 127. The molecule has 0 aliphatic carbocycles. The molecule has 0 fully saturated rings. The van der Waals surface area contributed by atoms with Crippen molar-refractivity contribution in [3.63, 3.8) is 0 Å². The number of hydrogen-bond acceptors (Lipinski definition) is 1. The molecule has 1 aromatic heterocycles. The van der Waals surface area contributed by atoms with Crippen LogP contribution >= 0.6 is 22.9 Å². The summed E-state index contributed by atoms with van der Waals surface area (Å²) in [5.74, 6) is 2.58. The van der Waals surface area contributed by atoms with Gasteiger partial charge in [-0.25, -0.2) is 4.98 Å². The van der Waals surface area contributed by atoms with Crippen LogP contribution in [0.5, 0.6) is 0 Å². The summed E-state index contributed by atoms with van der Waals surface area (Å²) in [4.78, 5) is 4.46. The van der Waals surface area contributed by atoms with Crippen molar-refractivity contribution >= 4 is 22.9 Å². The zero-order chi connectivity index (χ0) is 10.7. The van der Waals surface area contributed by atoms with E-state index in [2.05, 4.69) is 58.3 Å². The van der Waals surface area contributed by atoms with E-state index in [1.807, 2.05) is 6.20 Å². The number of rotatable bonds is 4. The minimum atomic E-state index is 0.679. The molecule has 0 amide bonds. The van der Waals surface area contributed by atoms with Crippen LogP contribution in [-0.2, 0) is 12.8 Å². The summed E-state index contributed by atoms with van der Waals surface area (Å²) in [5, 5.41) is 0. The zero-order valence-corrected chi connectivity index (χ0v) is 11.6. The van der Waals surface area contributed by atoms with E-state index >= 15 is 0 Å². The van der Waals surface area contributed by atoms with Crippen molar-refractivity contribution in [2.24, 2.45) is 11.8 Å². The van der Waals surface area contributed by atoms with E-state index in [-0.39, 0.29) is 0 Å². The molecule has 1 aromatic rings. The highest BCUT2D eigenvalue weighted by molar-refractivity contribution is 14.1. The van der Waals surface area contributed by atoms with Crippen LogP contribution in [0.15, 0.2) is 6.20 Å². The van der Waals surface area contributed by atoms with Crippen molar-refractivity contribution in [2.45, 2.75) is 40.5 Å². The summed E-state index contributed by atoms with van der Waals surface area (Å²) >= 11 is 2.36. The fourth-order valence-electron chi connectivity index (χ4n) is 1.47. The van der Waals surface area contributed by atoms with Gasteiger partial charge in [0.15, 0.2) is 0 Å². The highest BCUT2D eigenvalue weighted by Gasteiger charge is 2.10. The van der Waals surface area contributed by atoms with Gasteiger partial charge in [0.25, 0.3) is 0 Å². The molecule has 0 saturated heterocycles. The summed E-state index contributed by atoms with van der Waals surface area (Å²) in [7, 11) is 0. The monoisotopic (exact) mass is 306 g/mol. The number of halogens is 1. The molecule has 0 unspecified atom stereocenters. The minimum Gasteiger partial charge on any atom is -0.273 e. The molecule has 0 bridgehead atoms. The van der Waals surface area contributed by atoms with E-state index in [4.69, 9.17) is 0 Å². The van der Waals surface area contributed by atoms with Crippen LogP contribution in [0.1, 0.15) is 39.2 Å². The van der Waals surface area contributed by atoms with Gasteiger partial charge in [-0.2, -0.15) is 0 Å². The Morgan fingerprint density at radius 3 is 2.29 bits per heavy atom. The molecule has 0 aliphatic rings. The Morgan fingerprint density at radius 2 is 1.79 bits per heavy atom. The molecule has 0 aliphatic heterocycles. The van der Waals surface area contributed by atoms with Gasteiger partial charge in [-0.3, -0.25) is 2.78 Å². The second-order valence-corrected chi connectivity index (χ2v) is 5.61. The number of imidazole rings is 1. The summed E-state index contributed by atoms with van der Waals surface area (Å²) in [5.41, 5.74) is 1.34. The smallest absolute Gasteiger partial charge is 0.117 e. The van der Waals surface area contributed by atoms with Gasteiger partial charge in [0.1, 0.15) is 5.82 Å².